The molecule has 0 atom stereocenters. The number of nitrogens with zero attached hydrogens (tertiary/aromatic N) is 2. The van der Waals surface area contributed by atoms with Gasteiger partial charge in [-0.2, -0.15) is 13.2 Å². The van der Waals surface area contributed by atoms with Gasteiger partial charge in [-0.25, -0.2) is 9.97 Å². The first kappa shape index (κ1) is 16.9. The Morgan fingerprint density at radius 1 is 0.905 bits per heavy atom. The van der Waals surface area contributed by atoms with Crippen molar-refractivity contribution >= 4 is 0 Å². The third-order valence-electron chi connectivity index (χ3n) is 2.35. The Morgan fingerprint density at radius 2 is 1.38 bits per heavy atom. The number of ether oxygens (including phenoxy) is 1. The lowest BCUT2D eigenvalue weighted by atomic mass is 10.2. The minimum atomic E-state index is -4.35. The van der Waals surface area contributed by atoms with Gasteiger partial charge in [0.15, 0.2) is 0 Å². The van der Waals surface area contributed by atoms with Crippen molar-refractivity contribution in [3.63, 3.8) is 0 Å². The smallest absolute Gasteiger partial charge is 0.416 e. The SMILES string of the molecule is CC.Cc1cc(C)nc(Oc2ccc(C(F)(F)F)cc2)n1. The summed E-state index contributed by atoms with van der Waals surface area (Å²) < 4.78 is 42.5. The van der Waals surface area contributed by atoms with Gasteiger partial charge >= 0.3 is 12.2 Å². The Kier molecular flexibility index (Phi) is 5.69. The standard InChI is InChI=1S/C13H11F3N2O.C2H6/c1-8-7-9(2)18-12(17-8)19-11-5-3-10(4-6-11)13(14,15)16;1-2/h3-7H,1-2H3;1-2H3. The number of alkyl halides is 3. The van der Waals surface area contributed by atoms with Crippen molar-refractivity contribution < 1.29 is 17.9 Å². The fourth-order valence-electron chi connectivity index (χ4n) is 1.56. The molecule has 6 heteroatoms. The van der Waals surface area contributed by atoms with Crippen molar-refractivity contribution in [2.75, 3.05) is 0 Å². The molecule has 0 radical (unpaired) electrons. The van der Waals surface area contributed by atoms with Gasteiger partial charge in [-0.05, 0) is 44.2 Å². The van der Waals surface area contributed by atoms with Crippen LogP contribution in [0.15, 0.2) is 30.3 Å². The highest BCUT2D eigenvalue weighted by Crippen LogP contribution is 2.30. The van der Waals surface area contributed by atoms with E-state index in [4.69, 9.17) is 4.74 Å². The number of hydrogen-bond acceptors (Lipinski definition) is 3. The summed E-state index contributed by atoms with van der Waals surface area (Å²) in [7, 11) is 0. The van der Waals surface area contributed by atoms with Crippen LogP contribution in [0.4, 0.5) is 13.2 Å². The van der Waals surface area contributed by atoms with Crippen LogP contribution in [0.3, 0.4) is 0 Å². The number of aryl methyl sites for hydroxylation is 2. The Labute approximate surface area is 121 Å². The number of aromatic nitrogens is 2. The lowest BCUT2D eigenvalue weighted by Crippen LogP contribution is -2.04. The lowest BCUT2D eigenvalue weighted by molar-refractivity contribution is -0.137. The van der Waals surface area contributed by atoms with Crippen molar-refractivity contribution in [2.24, 2.45) is 0 Å². The van der Waals surface area contributed by atoms with Gasteiger partial charge in [0.2, 0.25) is 0 Å². The van der Waals surface area contributed by atoms with Crippen LogP contribution in [0.25, 0.3) is 0 Å². The Bertz CT molecular complexity index is 560. The van der Waals surface area contributed by atoms with Crippen LogP contribution >= 0.6 is 0 Å². The molecule has 2 aromatic rings. The Hall–Kier alpha value is -2.11. The van der Waals surface area contributed by atoms with Crippen molar-refractivity contribution in [1.29, 1.82) is 0 Å². The van der Waals surface area contributed by atoms with E-state index >= 15 is 0 Å². The lowest BCUT2D eigenvalue weighted by Gasteiger charge is -2.08. The molecule has 1 heterocycles. The third kappa shape index (κ3) is 5.06. The molecule has 1 aromatic carbocycles. The Balaban J connectivity index is 0.00000106. The summed E-state index contributed by atoms with van der Waals surface area (Å²) in [5.41, 5.74) is 0.741. The minimum Gasteiger partial charge on any atom is -0.424 e. The number of hydrogen-bond donors (Lipinski definition) is 0. The summed E-state index contributed by atoms with van der Waals surface area (Å²) in [6.07, 6.45) is -4.35. The summed E-state index contributed by atoms with van der Waals surface area (Å²) in [6, 6.07) is 6.29. The highest BCUT2D eigenvalue weighted by Gasteiger charge is 2.30. The molecule has 0 bridgehead atoms. The maximum Gasteiger partial charge on any atom is 0.416 e. The molecule has 0 spiro atoms. The molecule has 0 fully saturated rings. The molecule has 1 aromatic heterocycles. The molecule has 0 aliphatic heterocycles. The summed E-state index contributed by atoms with van der Waals surface area (Å²) in [5.74, 6) is 0.262. The van der Waals surface area contributed by atoms with Crippen LogP contribution in [-0.2, 0) is 6.18 Å². The molecular weight excluding hydrogens is 281 g/mol. The van der Waals surface area contributed by atoms with Gasteiger partial charge in [0.1, 0.15) is 5.75 Å². The van der Waals surface area contributed by atoms with Crippen LogP contribution < -0.4 is 4.74 Å². The monoisotopic (exact) mass is 298 g/mol. The van der Waals surface area contributed by atoms with Crippen molar-refractivity contribution in [3.8, 4) is 11.8 Å². The molecule has 0 N–H and O–H groups in total. The van der Waals surface area contributed by atoms with Crippen molar-refractivity contribution in [1.82, 2.24) is 9.97 Å². The first-order valence-electron chi connectivity index (χ1n) is 6.52. The molecule has 0 unspecified atom stereocenters. The summed E-state index contributed by atoms with van der Waals surface area (Å²) in [5, 5.41) is 0. The van der Waals surface area contributed by atoms with Gasteiger partial charge in [0.25, 0.3) is 0 Å². The molecule has 21 heavy (non-hydrogen) atoms. The second-order valence-corrected chi connectivity index (χ2v) is 4.06. The van der Waals surface area contributed by atoms with Gasteiger partial charge < -0.3 is 4.74 Å². The van der Waals surface area contributed by atoms with E-state index < -0.39 is 11.7 Å². The fraction of sp³-hybridized carbons (Fsp3) is 0.333. The van der Waals surface area contributed by atoms with Gasteiger partial charge in [0, 0.05) is 11.4 Å². The Morgan fingerprint density at radius 3 is 1.81 bits per heavy atom. The minimum absolute atomic E-state index is 0.122. The summed E-state index contributed by atoms with van der Waals surface area (Å²) in [4.78, 5) is 8.09. The zero-order chi connectivity index (χ0) is 16.0. The van der Waals surface area contributed by atoms with Gasteiger partial charge in [-0.1, -0.05) is 13.8 Å². The van der Waals surface area contributed by atoms with Crippen LogP contribution in [0.1, 0.15) is 30.8 Å². The van der Waals surface area contributed by atoms with Crippen molar-refractivity contribution in [3.05, 3.63) is 47.3 Å². The second-order valence-electron chi connectivity index (χ2n) is 4.06. The molecule has 0 aliphatic carbocycles. The van der Waals surface area contributed by atoms with E-state index in [1.807, 2.05) is 13.8 Å². The van der Waals surface area contributed by atoms with Gasteiger partial charge in [0.05, 0.1) is 5.56 Å². The molecule has 114 valence electrons. The van der Waals surface area contributed by atoms with E-state index in [2.05, 4.69) is 9.97 Å². The molecule has 0 aliphatic rings. The third-order valence-corrected chi connectivity index (χ3v) is 2.35. The quantitative estimate of drug-likeness (QED) is 0.788. The molecule has 0 saturated heterocycles. The maximum atomic E-state index is 12.4. The normalized spacial score (nSPS) is 10.6. The highest BCUT2D eigenvalue weighted by atomic mass is 19.4. The van der Waals surface area contributed by atoms with Crippen molar-refractivity contribution in [2.45, 2.75) is 33.9 Å². The molecule has 0 saturated carbocycles. The zero-order valence-electron chi connectivity index (χ0n) is 12.3. The fourth-order valence-corrected chi connectivity index (χ4v) is 1.56. The highest BCUT2D eigenvalue weighted by molar-refractivity contribution is 5.30. The van der Waals surface area contributed by atoms with E-state index in [1.165, 1.54) is 12.1 Å². The molecule has 3 nitrogen and oxygen atoms in total. The number of benzene rings is 1. The van der Waals surface area contributed by atoms with Crippen LogP contribution in [0.2, 0.25) is 0 Å². The molecule has 0 amide bonds. The van der Waals surface area contributed by atoms with Crippen LogP contribution in [-0.4, -0.2) is 9.97 Å². The van der Waals surface area contributed by atoms with Crippen LogP contribution in [0, 0.1) is 13.8 Å². The van der Waals surface area contributed by atoms with E-state index in [1.54, 1.807) is 19.9 Å². The van der Waals surface area contributed by atoms with E-state index in [-0.39, 0.29) is 11.8 Å². The number of halogens is 3. The predicted molar refractivity (Wildman–Crippen MR) is 74.4 cm³/mol. The van der Waals surface area contributed by atoms with E-state index in [0.29, 0.717) is 0 Å². The summed E-state index contributed by atoms with van der Waals surface area (Å²) in [6.45, 7) is 7.57. The van der Waals surface area contributed by atoms with E-state index in [9.17, 15) is 13.2 Å². The number of rotatable bonds is 2. The first-order valence-corrected chi connectivity index (χ1v) is 6.52. The van der Waals surface area contributed by atoms with Crippen LogP contribution in [0.5, 0.6) is 11.8 Å². The average Bonchev–Trinajstić information content (AvgIpc) is 2.39. The molecule has 2 rings (SSSR count). The maximum absolute atomic E-state index is 12.4. The zero-order valence-corrected chi connectivity index (χ0v) is 12.3. The largest absolute Gasteiger partial charge is 0.424 e. The van der Waals surface area contributed by atoms with Gasteiger partial charge in [-0.3, -0.25) is 0 Å². The predicted octanol–water partition coefficient (Wildman–Crippen LogP) is 4.93. The first-order chi connectivity index (χ1) is 9.84. The van der Waals surface area contributed by atoms with E-state index in [0.717, 1.165) is 23.5 Å². The summed E-state index contributed by atoms with van der Waals surface area (Å²) >= 11 is 0. The average molecular weight is 298 g/mol. The second kappa shape index (κ2) is 7.06. The van der Waals surface area contributed by atoms with Gasteiger partial charge in [-0.15, -0.1) is 0 Å². The molecular formula is C15H17F3N2O. The topological polar surface area (TPSA) is 35.0 Å².